The Labute approximate surface area is 113 Å². The van der Waals surface area contributed by atoms with Crippen LogP contribution in [0.2, 0.25) is 0 Å². The number of nitrogens with two attached hydrogens (primary N) is 1. The second-order valence-electron chi connectivity index (χ2n) is 5.39. The maximum atomic E-state index is 5.79. The highest BCUT2D eigenvalue weighted by Crippen LogP contribution is 2.43. The van der Waals surface area contributed by atoms with E-state index in [0.29, 0.717) is 5.82 Å². The quantitative estimate of drug-likeness (QED) is 0.854. The van der Waals surface area contributed by atoms with Gasteiger partial charge in [-0.25, -0.2) is 0 Å². The van der Waals surface area contributed by atoms with E-state index in [1.807, 2.05) is 24.3 Å². The Morgan fingerprint density at radius 3 is 2.79 bits per heavy atom. The van der Waals surface area contributed by atoms with Crippen LogP contribution in [0, 0.1) is 0 Å². The summed E-state index contributed by atoms with van der Waals surface area (Å²) in [5.74, 6) is 1.44. The summed E-state index contributed by atoms with van der Waals surface area (Å²) in [7, 11) is 0. The van der Waals surface area contributed by atoms with E-state index >= 15 is 0 Å². The van der Waals surface area contributed by atoms with Gasteiger partial charge in [0.1, 0.15) is 0 Å². The molecule has 1 aromatic heterocycles. The monoisotopic (exact) mass is 257 g/mol. The summed E-state index contributed by atoms with van der Waals surface area (Å²) in [6, 6.07) is 7.60. The van der Waals surface area contributed by atoms with Crippen LogP contribution in [0.5, 0.6) is 0 Å². The Hall–Kier alpha value is -1.84. The van der Waals surface area contributed by atoms with Crippen molar-refractivity contribution in [3.63, 3.8) is 0 Å². The van der Waals surface area contributed by atoms with Gasteiger partial charge in [-0.05, 0) is 31.4 Å². The minimum Gasteiger partial charge on any atom is -0.399 e. The summed E-state index contributed by atoms with van der Waals surface area (Å²) < 4.78 is 5.54. The van der Waals surface area contributed by atoms with Gasteiger partial charge in [-0.1, -0.05) is 37.1 Å². The lowest BCUT2D eigenvalue weighted by Crippen LogP contribution is -2.21. The standard InChI is InChI=1S/C15H19N3O/c1-2-15(8-3-4-9-15)14-17-13(18-19-14)11-6-5-7-12(16)10-11/h5-7,10H,2-4,8-9,16H2,1H3. The van der Waals surface area contributed by atoms with Crippen LogP contribution < -0.4 is 5.73 Å². The molecule has 2 aromatic rings. The maximum absolute atomic E-state index is 5.79. The average Bonchev–Trinajstić information content (AvgIpc) is 3.08. The average molecular weight is 257 g/mol. The molecule has 1 fully saturated rings. The predicted octanol–water partition coefficient (Wildman–Crippen LogP) is 3.54. The topological polar surface area (TPSA) is 64.9 Å². The van der Waals surface area contributed by atoms with Crippen LogP contribution in [0.15, 0.2) is 28.8 Å². The Morgan fingerprint density at radius 2 is 2.11 bits per heavy atom. The molecule has 4 nitrogen and oxygen atoms in total. The van der Waals surface area contributed by atoms with Crippen LogP contribution >= 0.6 is 0 Å². The molecule has 0 unspecified atom stereocenters. The number of aromatic nitrogens is 2. The fraction of sp³-hybridized carbons (Fsp3) is 0.467. The van der Waals surface area contributed by atoms with Crippen LogP contribution in [-0.4, -0.2) is 10.1 Å². The normalized spacial score (nSPS) is 17.7. The Bertz CT molecular complexity index is 570. The number of nitrogen functional groups attached to an aromatic ring is 1. The van der Waals surface area contributed by atoms with Crippen molar-refractivity contribution in [1.82, 2.24) is 10.1 Å². The fourth-order valence-corrected chi connectivity index (χ4v) is 3.00. The largest absolute Gasteiger partial charge is 0.399 e. The zero-order valence-electron chi connectivity index (χ0n) is 11.2. The summed E-state index contributed by atoms with van der Waals surface area (Å²) >= 11 is 0. The van der Waals surface area contributed by atoms with Gasteiger partial charge in [-0.2, -0.15) is 4.98 Å². The number of benzene rings is 1. The summed E-state index contributed by atoms with van der Waals surface area (Å²) in [6.45, 7) is 2.20. The first-order chi connectivity index (χ1) is 9.23. The van der Waals surface area contributed by atoms with Crippen molar-refractivity contribution in [1.29, 1.82) is 0 Å². The van der Waals surface area contributed by atoms with Gasteiger partial charge in [0, 0.05) is 16.7 Å². The molecule has 2 N–H and O–H groups in total. The van der Waals surface area contributed by atoms with E-state index < -0.39 is 0 Å². The molecule has 19 heavy (non-hydrogen) atoms. The molecular weight excluding hydrogens is 238 g/mol. The summed E-state index contributed by atoms with van der Waals surface area (Å²) in [6.07, 6.45) is 5.88. The highest BCUT2D eigenvalue weighted by molar-refractivity contribution is 5.60. The van der Waals surface area contributed by atoms with E-state index in [0.717, 1.165) is 36.4 Å². The van der Waals surface area contributed by atoms with E-state index in [4.69, 9.17) is 10.3 Å². The minimum atomic E-state index is 0.103. The van der Waals surface area contributed by atoms with Crippen LogP contribution in [0.4, 0.5) is 5.69 Å². The second-order valence-corrected chi connectivity index (χ2v) is 5.39. The van der Waals surface area contributed by atoms with Gasteiger partial charge in [0.15, 0.2) is 0 Å². The van der Waals surface area contributed by atoms with Gasteiger partial charge in [0.05, 0.1) is 0 Å². The molecule has 0 radical (unpaired) electrons. The first kappa shape index (κ1) is 12.2. The summed E-state index contributed by atoms with van der Waals surface area (Å²) in [5, 5.41) is 4.12. The lowest BCUT2D eigenvalue weighted by atomic mass is 9.83. The number of hydrogen-bond acceptors (Lipinski definition) is 4. The number of hydrogen-bond donors (Lipinski definition) is 1. The molecule has 1 saturated carbocycles. The molecule has 1 heterocycles. The number of rotatable bonds is 3. The Kier molecular flexibility index (Phi) is 3.01. The van der Waals surface area contributed by atoms with E-state index in [-0.39, 0.29) is 5.41 Å². The van der Waals surface area contributed by atoms with E-state index in [9.17, 15) is 0 Å². The molecule has 0 aliphatic heterocycles. The van der Waals surface area contributed by atoms with Crippen molar-refractivity contribution in [2.75, 3.05) is 5.73 Å². The second kappa shape index (κ2) is 4.68. The van der Waals surface area contributed by atoms with Gasteiger partial charge in [0.2, 0.25) is 11.7 Å². The van der Waals surface area contributed by atoms with Gasteiger partial charge in [-0.3, -0.25) is 0 Å². The van der Waals surface area contributed by atoms with Gasteiger partial charge >= 0.3 is 0 Å². The molecule has 0 spiro atoms. The van der Waals surface area contributed by atoms with Crippen molar-refractivity contribution in [3.05, 3.63) is 30.2 Å². The molecule has 1 aliphatic rings. The van der Waals surface area contributed by atoms with Gasteiger partial charge in [-0.15, -0.1) is 0 Å². The molecule has 4 heteroatoms. The highest BCUT2D eigenvalue weighted by atomic mass is 16.5. The third-order valence-corrected chi connectivity index (χ3v) is 4.26. The first-order valence-electron chi connectivity index (χ1n) is 6.94. The van der Waals surface area contributed by atoms with Crippen LogP contribution in [-0.2, 0) is 5.41 Å². The molecule has 0 saturated heterocycles. The predicted molar refractivity (Wildman–Crippen MR) is 74.6 cm³/mol. The van der Waals surface area contributed by atoms with E-state index in [2.05, 4.69) is 17.1 Å². The van der Waals surface area contributed by atoms with Crippen LogP contribution in [0.3, 0.4) is 0 Å². The highest BCUT2D eigenvalue weighted by Gasteiger charge is 2.39. The number of anilines is 1. The summed E-state index contributed by atoms with van der Waals surface area (Å²) in [4.78, 5) is 4.61. The molecule has 1 aliphatic carbocycles. The van der Waals surface area contributed by atoms with Gasteiger partial charge in [0.25, 0.3) is 0 Å². The van der Waals surface area contributed by atoms with Crippen molar-refractivity contribution in [3.8, 4) is 11.4 Å². The molecule has 3 rings (SSSR count). The smallest absolute Gasteiger partial charge is 0.233 e. The van der Waals surface area contributed by atoms with Crippen molar-refractivity contribution < 1.29 is 4.52 Å². The molecule has 100 valence electrons. The zero-order valence-corrected chi connectivity index (χ0v) is 11.2. The van der Waals surface area contributed by atoms with Gasteiger partial charge < -0.3 is 10.3 Å². The first-order valence-corrected chi connectivity index (χ1v) is 6.94. The SMILES string of the molecule is CCC1(c2nc(-c3cccc(N)c3)no2)CCCC1. The fourth-order valence-electron chi connectivity index (χ4n) is 3.00. The molecule has 1 aromatic carbocycles. The lowest BCUT2D eigenvalue weighted by Gasteiger charge is -2.21. The van der Waals surface area contributed by atoms with Crippen LogP contribution in [0.25, 0.3) is 11.4 Å². The van der Waals surface area contributed by atoms with Crippen LogP contribution in [0.1, 0.15) is 44.9 Å². The summed E-state index contributed by atoms with van der Waals surface area (Å²) in [5.41, 5.74) is 7.53. The number of nitrogens with zero attached hydrogens (tertiary/aromatic N) is 2. The Morgan fingerprint density at radius 1 is 1.32 bits per heavy atom. The molecule has 0 amide bonds. The van der Waals surface area contributed by atoms with Crippen molar-refractivity contribution >= 4 is 5.69 Å². The third-order valence-electron chi connectivity index (χ3n) is 4.26. The van der Waals surface area contributed by atoms with Crippen molar-refractivity contribution in [2.45, 2.75) is 44.4 Å². The Balaban J connectivity index is 1.95. The molecular formula is C15H19N3O. The minimum absolute atomic E-state index is 0.103. The molecule has 0 bridgehead atoms. The van der Waals surface area contributed by atoms with E-state index in [1.54, 1.807) is 0 Å². The maximum Gasteiger partial charge on any atom is 0.233 e. The zero-order chi connectivity index (χ0) is 13.3. The lowest BCUT2D eigenvalue weighted by molar-refractivity contribution is 0.273. The molecule has 0 atom stereocenters. The van der Waals surface area contributed by atoms with E-state index in [1.165, 1.54) is 12.8 Å². The van der Waals surface area contributed by atoms with Crippen molar-refractivity contribution in [2.24, 2.45) is 0 Å². The third kappa shape index (κ3) is 2.11.